The Bertz CT molecular complexity index is 1610. The summed E-state index contributed by atoms with van der Waals surface area (Å²) in [5.74, 6) is 0.961. The maximum Gasteiger partial charge on any atom is 0.416 e. The highest BCUT2D eigenvalue weighted by molar-refractivity contribution is 6.05. The monoisotopic (exact) mass is 593 g/mol. The van der Waals surface area contributed by atoms with Crippen LogP contribution in [-0.4, -0.2) is 70.9 Å². The molecule has 0 spiro atoms. The molecule has 0 radical (unpaired) electrons. The number of nitrogens with zero attached hydrogens (tertiary/aromatic N) is 5. The molecule has 2 aromatic carbocycles. The first-order valence-electron chi connectivity index (χ1n) is 14.1. The van der Waals surface area contributed by atoms with Crippen LogP contribution in [0.2, 0.25) is 0 Å². The number of pyridine rings is 1. The van der Waals surface area contributed by atoms with Gasteiger partial charge in [-0.05, 0) is 54.4 Å². The average Bonchev–Trinajstić information content (AvgIpc) is 3.31. The Labute approximate surface area is 248 Å². The molecule has 1 fully saturated rings. The van der Waals surface area contributed by atoms with Gasteiger partial charge in [0.2, 0.25) is 5.88 Å². The van der Waals surface area contributed by atoms with E-state index in [4.69, 9.17) is 4.74 Å². The van der Waals surface area contributed by atoms with E-state index in [0.29, 0.717) is 42.0 Å². The first-order valence-corrected chi connectivity index (χ1v) is 14.1. The van der Waals surface area contributed by atoms with Crippen molar-refractivity contribution in [3.63, 3.8) is 0 Å². The molecule has 1 aliphatic heterocycles. The molecule has 0 bridgehead atoms. The van der Waals surface area contributed by atoms with Gasteiger partial charge in [0.1, 0.15) is 11.4 Å². The van der Waals surface area contributed by atoms with E-state index in [1.54, 1.807) is 18.2 Å². The van der Waals surface area contributed by atoms with E-state index in [2.05, 4.69) is 23.7 Å². The molecule has 0 aliphatic carbocycles. The number of anilines is 1. The summed E-state index contributed by atoms with van der Waals surface area (Å²) in [4.78, 5) is 36.1. The van der Waals surface area contributed by atoms with Gasteiger partial charge in [-0.1, -0.05) is 13.8 Å². The van der Waals surface area contributed by atoms with Crippen molar-refractivity contribution >= 4 is 28.4 Å². The number of rotatable bonds is 7. The molecule has 11 heteroatoms. The quantitative estimate of drug-likeness (QED) is 0.260. The fraction of sp³-hybridized carbons (Fsp3) is 0.344. The van der Waals surface area contributed by atoms with Gasteiger partial charge >= 0.3 is 6.18 Å². The number of carbonyl (C=O) groups excluding carboxylic acids is 2. The molecule has 0 saturated carbocycles. The number of aromatic nitrogens is 2. The molecule has 0 unspecified atom stereocenters. The molecule has 1 aliphatic rings. The summed E-state index contributed by atoms with van der Waals surface area (Å²) in [5.41, 5.74) is 1.22. The maximum atomic E-state index is 13.3. The number of amides is 2. The van der Waals surface area contributed by atoms with Gasteiger partial charge in [0.05, 0.1) is 23.0 Å². The second-order valence-electron chi connectivity index (χ2n) is 11.2. The number of carbonyl (C=O) groups is 2. The Morgan fingerprint density at radius 3 is 2.28 bits per heavy atom. The van der Waals surface area contributed by atoms with E-state index in [-0.39, 0.29) is 11.5 Å². The molecule has 0 atom stereocenters. The molecule has 5 rings (SSSR count). The van der Waals surface area contributed by atoms with E-state index < -0.39 is 17.6 Å². The standard InChI is InChI=1S/C32H34F3N5O3/c1-21(2)20-39-13-15-40(16-14-39)31(42)28-17-23-7-11-26(18-27(23)38(28)4)43-29-12-10-25(19-36-29)37(3)30(41)22-5-8-24(9-6-22)32(33,34)35/h5-12,17-19,21H,13-16,20H2,1-4H3. The van der Waals surface area contributed by atoms with E-state index in [1.807, 2.05) is 34.7 Å². The van der Waals surface area contributed by atoms with Gasteiger partial charge in [-0.25, -0.2) is 4.98 Å². The molecule has 43 heavy (non-hydrogen) atoms. The number of halogens is 3. The molecule has 2 amide bonds. The fourth-order valence-corrected chi connectivity index (χ4v) is 5.26. The van der Waals surface area contributed by atoms with Crippen molar-refractivity contribution in [3.05, 3.63) is 83.7 Å². The highest BCUT2D eigenvalue weighted by Crippen LogP contribution is 2.30. The van der Waals surface area contributed by atoms with Gasteiger partial charge in [-0.3, -0.25) is 14.5 Å². The Morgan fingerprint density at radius 1 is 0.977 bits per heavy atom. The summed E-state index contributed by atoms with van der Waals surface area (Å²) >= 11 is 0. The van der Waals surface area contributed by atoms with Crippen LogP contribution < -0.4 is 9.64 Å². The third-order valence-electron chi connectivity index (χ3n) is 7.61. The average molecular weight is 594 g/mol. The predicted octanol–water partition coefficient (Wildman–Crippen LogP) is 6.07. The van der Waals surface area contributed by atoms with Crippen LogP contribution in [0.3, 0.4) is 0 Å². The number of piperazine rings is 1. The smallest absolute Gasteiger partial charge is 0.416 e. The lowest BCUT2D eigenvalue weighted by Gasteiger charge is -2.35. The first kappa shape index (κ1) is 30.1. The minimum Gasteiger partial charge on any atom is -0.439 e. The highest BCUT2D eigenvalue weighted by atomic mass is 19.4. The number of benzene rings is 2. The second-order valence-corrected chi connectivity index (χ2v) is 11.2. The van der Waals surface area contributed by atoms with Gasteiger partial charge in [0.15, 0.2) is 0 Å². The number of alkyl halides is 3. The topological polar surface area (TPSA) is 70.9 Å². The summed E-state index contributed by atoms with van der Waals surface area (Å²) in [5, 5.41) is 0.920. The predicted molar refractivity (Wildman–Crippen MR) is 159 cm³/mol. The Kier molecular flexibility index (Phi) is 8.45. The molecular formula is C32H34F3N5O3. The molecule has 0 N–H and O–H groups in total. The summed E-state index contributed by atoms with van der Waals surface area (Å²) < 4.78 is 46.4. The van der Waals surface area contributed by atoms with Gasteiger partial charge in [0.25, 0.3) is 11.8 Å². The van der Waals surface area contributed by atoms with Crippen LogP contribution in [0.1, 0.15) is 40.3 Å². The van der Waals surface area contributed by atoms with Crippen LogP contribution in [0.5, 0.6) is 11.6 Å². The minimum atomic E-state index is -4.47. The van der Waals surface area contributed by atoms with Crippen molar-refractivity contribution in [1.82, 2.24) is 19.4 Å². The third-order valence-corrected chi connectivity index (χ3v) is 7.61. The van der Waals surface area contributed by atoms with E-state index in [1.165, 1.54) is 18.1 Å². The third kappa shape index (κ3) is 6.67. The van der Waals surface area contributed by atoms with E-state index >= 15 is 0 Å². The summed E-state index contributed by atoms with van der Waals surface area (Å²) in [7, 11) is 3.39. The van der Waals surface area contributed by atoms with Crippen molar-refractivity contribution in [3.8, 4) is 11.6 Å². The van der Waals surface area contributed by atoms with Gasteiger partial charge in [0, 0.05) is 69.9 Å². The van der Waals surface area contributed by atoms with Crippen LogP contribution in [-0.2, 0) is 13.2 Å². The van der Waals surface area contributed by atoms with Crippen molar-refractivity contribution in [2.24, 2.45) is 13.0 Å². The lowest BCUT2D eigenvalue weighted by Crippen LogP contribution is -2.49. The van der Waals surface area contributed by atoms with E-state index in [9.17, 15) is 22.8 Å². The molecule has 4 aromatic rings. The largest absolute Gasteiger partial charge is 0.439 e. The van der Waals surface area contributed by atoms with Gasteiger partial charge < -0.3 is 19.1 Å². The summed E-state index contributed by atoms with van der Waals surface area (Å²) in [6, 6.07) is 14.8. The summed E-state index contributed by atoms with van der Waals surface area (Å²) in [6.07, 6.45) is -3.02. The molecular weight excluding hydrogens is 559 g/mol. The Balaban J connectivity index is 1.24. The zero-order chi connectivity index (χ0) is 30.9. The molecule has 1 saturated heterocycles. The highest BCUT2D eigenvalue weighted by Gasteiger charge is 2.30. The summed E-state index contributed by atoms with van der Waals surface area (Å²) in [6.45, 7) is 8.59. The molecule has 226 valence electrons. The second kappa shape index (κ2) is 12.1. The van der Waals surface area contributed by atoms with Crippen LogP contribution in [0.4, 0.5) is 18.9 Å². The fourth-order valence-electron chi connectivity index (χ4n) is 5.26. The zero-order valence-electron chi connectivity index (χ0n) is 24.6. The number of ether oxygens (including phenoxy) is 1. The van der Waals surface area contributed by atoms with Gasteiger partial charge in [-0.15, -0.1) is 0 Å². The Morgan fingerprint density at radius 2 is 1.67 bits per heavy atom. The van der Waals surface area contributed by atoms with Gasteiger partial charge in [-0.2, -0.15) is 13.2 Å². The minimum absolute atomic E-state index is 0.0117. The normalized spacial score (nSPS) is 14.4. The number of hydrogen-bond acceptors (Lipinski definition) is 5. The van der Waals surface area contributed by atoms with E-state index in [0.717, 1.165) is 54.8 Å². The molecule has 3 heterocycles. The number of hydrogen-bond donors (Lipinski definition) is 0. The first-order chi connectivity index (χ1) is 20.4. The molecule has 2 aromatic heterocycles. The van der Waals surface area contributed by atoms with Crippen LogP contribution in [0, 0.1) is 5.92 Å². The molecule has 8 nitrogen and oxygen atoms in total. The SMILES string of the molecule is CC(C)CN1CCN(C(=O)c2cc3ccc(Oc4ccc(N(C)C(=O)c5ccc(C(F)(F)F)cc5)cn4)cc3n2C)CC1. The number of fused-ring (bicyclic) bond motifs is 1. The van der Waals surface area contributed by atoms with Crippen LogP contribution in [0.15, 0.2) is 66.9 Å². The zero-order valence-corrected chi connectivity index (χ0v) is 24.6. The Hall–Kier alpha value is -4.38. The lowest BCUT2D eigenvalue weighted by atomic mass is 10.1. The lowest BCUT2D eigenvalue weighted by molar-refractivity contribution is -0.137. The van der Waals surface area contributed by atoms with Crippen molar-refractivity contribution in [2.75, 3.05) is 44.7 Å². The van der Waals surface area contributed by atoms with Crippen molar-refractivity contribution < 1.29 is 27.5 Å². The number of aryl methyl sites for hydroxylation is 1. The van der Waals surface area contributed by atoms with Crippen molar-refractivity contribution in [1.29, 1.82) is 0 Å². The van der Waals surface area contributed by atoms with Crippen LogP contribution in [0.25, 0.3) is 10.9 Å². The van der Waals surface area contributed by atoms with Crippen LogP contribution >= 0.6 is 0 Å². The van der Waals surface area contributed by atoms with Crippen molar-refractivity contribution in [2.45, 2.75) is 20.0 Å². The maximum absolute atomic E-state index is 13.3.